The van der Waals surface area contributed by atoms with Gasteiger partial charge in [-0.2, -0.15) is 8.78 Å². The van der Waals surface area contributed by atoms with Crippen molar-refractivity contribution in [1.82, 2.24) is 19.9 Å². The SMILES string of the molecule is C=Cc1c(C)c2cc3[nH]c(cc4nc(cc5nc(cc1[nH]2)C(C)=C5CCC(=O)OC)C(CCC(=O)OC)=C4C)c(C)c3C=C(F)F. The topological polar surface area (TPSA) is 110 Å². The summed E-state index contributed by atoms with van der Waals surface area (Å²) < 4.78 is 37.2. The lowest BCUT2D eigenvalue weighted by molar-refractivity contribution is -0.141. The number of H-pyrrole nitrogens is 2. The highest BCUT2D eigenvalue weighted by Crippen LogP contribution is 2.38. The van der Waals surface area contributed by atoms with E-state index in [9.17, 15) is 18.4 Å². The zero-order valence-electron chi connectivity index (χ0n) is 26.8. The summed E-state index contributed by atoms with van der Waals surface area (Å²) in [6, 6.07) is 7.46. The molecule has 0 fully saturated rings. The average molecular weight is 627 g/mol. The van der Waals surface area contributed by atoms with Crippen molar-refractivity contribution in [2.45, 2.75) is 53.4 Å². The maximum absolute atomic E-state index is 13.7. The van der Waals surface area contributed by atoms with Gasteiger partial charge in [0.25, 0.3) is 6.08 Å². The predicted molar refractivity (Wildman–Crippen MR) is 178 cm³/mol. The number of hydrogen-bond acceptors (Lipinski definition) is 6. The van der Waals surface area contributed by atoms with Crippen molar-refractivity contribution in [3.8, 4) is 0 Å². The van der Waals surface area contributed by atoms with Crippen LogP contribution >= 0.6 is 0 Å². The van der Waals surface area contributed by atoms with Crippen molar-refractivity contribution < 1.29 is 27.8 Å². The molecular formula is C36H36F2N4O4. The lowest BCUT2D eigenvalue weighted by Crippen LogP contribution is -2.01. The van der Waals surface area contributed by atoms with E-state index in [4.69, 9.17) is 19.4 Å². The first-order valence-electron chi connectivity index (χ1n) is 14.9. The number of esters is 2. The van der Waals surface area contributed by atoms with Gasteiger partial charge in [-0.15, -0.1) is 0 Å². The van der Waals surface area contributed by atoms with E-state index in [1.165, 1.54) is 14.2 Å². The van der Waals surface area contributed by atoms with Crippen molar-refractivity contribution in [3.63, 3.8) is 0 Å². The number of carbonyl (C=O) groups excluding carboxylic acids is 2. The smallest absolute Gasteiger partial charge is 0.305 e. The maximum atomic E-state index is 13.7. The summed E-state index contributed by atoms with van der Waals surface area (Å²) >= 11 is 0. The molecule has 0 atom stereocenters. The van der Waals surface area contributed by atoms with Crippen molar-refractivity contribution in [3.05, 3.63) is 82.0 Å². The quantitative estimate of drug-likeness (QED) is 0.242. The number of fused-ring (bicyclic) bond motifs is 8. The number of aryl methyl sites for hydroxylation is 2. The molecule has 0 amide bonds. The third-order valence-electron chi connectivity index (χ3n) is 8.70. The van der Waals surface area contributed by atoms with E-state index in [1.807, 2.05) is 45.0 Å². The van der Waals surface area contributed by atoms with Crippen molar-refractivity contribution >= 4 is 68.4 Å². The van der Waals surface area contributed by atoms with Crippen LogP contribution in [-0.2, 0) is 19.1 Å². The van der Waals surface area contributed by atoms with Crippen LogP contribution in [0.3, 0.4) is 0 Å². The summed E-state index contributed by atoms with van der Waals surface area (Å²) in [6.07, 6.45) is 1.91. The molecule has 3 aromatic rings. The minimum atomic E-state index is -1.81. The number of aromatic amines is 2. The number of halogens is 2. The minimum Gasteiger partial charge on any atom is -0.469 e. The molecule has 0 saturated carbocycles. The molecule has 46 heavy (non-hydrogen) atoms. The van der Waals surface area contributed by atoms with Crippen LogP contribution in [0, 0.1) is 13.8 Å². The first-order chi connectivity index (χ1) is 21.9. The van der Waals surface area contributed by atoms with Gasteiger partial charge in [-0.05, 0) is 98.2 Å². The summed E-state index contributed by atoms with van der Waals surface area (Å²) in [5.74, 6) is -0.679. The van der Waals surface area contributed by atoms with Gasteiger partial charge < -0.3 is 19.4 Å². The Balaban J connectivity index is 1.91. The van der Waals surface area contributed by atoms with E-state index in [0.717, 1.165) is 50.5 Å². The Bertz CT molecular complexity index is 2040. The van der Waals surface area contributed by atoms with E-state index >= 15 is 0 Å². The number of methoxy groups -OCH3 is 2. The highest BCUT2D eigenvalue weighted by Gasteiger charge is 2.23. The lowest BCUT2D eigenvalue weighted by atomic mass is 9.98. The molecule has 3 aromatic heterocycles. The fraction of sp³-hybridized carbons (Fsp3) is 0.278. The Morgan fingerprint density at radius 3 is 1.65 bits per heavy atom. The van der Waals surface area contributed by atoms with Crippen LogP contribution < -0.4 is 0 Å². The van der Waals surface area contributed by atoms with Gasteiger partial charge in [-0.25, -0.2) is 9.97 Å². The summed E-state index contributed by atoms with van der Waals surface area (Å²) in [6.45, 7) is 11.6. The van der Waals surface area contributed by atoms with Gasteiger partial charge in [0.05, 0.1) is 37.0 Å². The summed E-state index contributed by atoms with van der Waals surface area (Å²) in [7, 11) is 2.71. The molecule has 0 spiro atoms. The maximum Gasteiger partial charge on any atom is 0.305 e. The number of ether oxygens (including phenoxy) is 2. The zero-order valence-corrected chi connectivity index (χ0v) is 26.8. The molecule has 10 heteroatoms. The van der Waals surface area contributed by atoms with Gasteiger partial charge in [-0.1, -0.05) is 12.7 Å². The number of nitrogens with zero attached hydrogens (tertiary/aromatic N) is 2. The Morgan fingerprint density at radius 1 is 0.717 bits per heavy atom. The van der Waals surface area contributed by atoms with Gasteiger partial charge in [0.2, 0.25) is 0 Å². The van der Waals surface area contributed by atoms with Gasteiger partial charge >= 0.3 is 11.9 Å². The third-order valence-corrected chi connectivity index (χ3v) is 8.70. The van der Waals surface area contributed by atoms with Crippen molar-refractivity contribution in [1.29, 1.82) is 0 Å². The fourth-order valence-electron chi connectivity index (χ4n) is 5.99. The number of aromatic nitrogens is 4. The molecule has 0 aromatic carbocycles. The number of nitrogens with one attached hydrogen (secondary N) is 2. The average Bonchev–Trinajstić information content (AvgIpc) is 3.68. The van der Waals surface area contributed by atoms with Crippen LogP contribution in [0.2, 0.25) is 0 Å². The number of allylic oxidation sites excluding steroid dienone is 4. The second-order valence-electron chi connectivity index (χ2n) is 11.3. The van der Waals surface area contributed by atoms with Gasteiger partial charge in [0.1, 0.15) is 0 Å². The molecule has 5 heterocycles. The first kappa shape index (κ1) is 32.3. The molecule has 0 unspecified atom stereocenters. The van der Waals surface area contributed by atoms with Gasteiger partial charge in [0, 0.05) is 52.1 Å². The largest absolute Gasteiger partial charge is 0.469 e. The van der Waals surface area contributed by atoms with Crippen LogP contribution in [0.15, 0.2) is 36.9 Å². The summed E-state index contributed by atoms with van der Waals surface area (Å²) in [5, 5.41) is 0. The standard InChI is InChI=1S/C36H36F2N4O4/c1-8-22-18(2)28-16-33-25(13-34(37)38)21(5)27(42-33)14-26-19(3)23(9-11-35(43)45-6)31(40-26)17-32-24(10-12-36(44)46-7)20(4)29(41-32)15-30(22)39-28/h8,13-17,39,42H,1,9-12H2,2-7H3. The van der Waals surface area contributed by atoms with Crippen molar-refractivity contribution in [2.24, 2.45) is 0 Å². The molecule has 0 radical (unpaired) electrons. The third kappa shape index (κ3) is 6.20. The number of rotatable bonds is 8. The Labute approximate surface area is 265 Å². The number of hydrogen-bond donors (Lipinski definition) is 2. The van der Waals surface area contributed by atoms with Gasteiger partial charge in [-0.3, -0.25) is 9.59 Å². The molecule has 238 valence electrons. The van der Waals surface area contributed by atoms with Crippen LogP contribution in [0.1, 0.15) is 84.6 Å². The van der Waals surface area contributed by atoms with E-state index in [2.05, 4.69) is 16.5 Å². The predicted octanol–water partition coefficient (Wildman–Crippen LogP) is 8.58. The van der Waals surface area contributed by atoms with Crippen LogP contribution in [0.4, 0.5) is 8.78 Å². The molecule has 2 aliphatic heterocycles. The molecule has 5 rings (SSSR count). The van der Waals surface area contributed by atoms with Crippen LogP contribution in [-0.4, -0.2) is 46.1 Å². The Hall–Kier alpha value is -5.12. The molecular weight excluding hydrogens is 590 g/mol. The second-order valence-corrected chi connectivity index (χ2v) is 11.3. The van der Waals surface area contributed by atoms with Crippen LogP contribution in [0.25, 0.3) is 56.5 Å². The van der Waals surface area contributed by atoms with E-state index in [-0.39, 0.29) is 24.8 Å². The second kappa shape index (κ2) is 13.1. The summed E-state index contributed by atoms with van der Waals surface area (Å²) in [4.78, 5) is 41.0. The Morgan fingerprint density at radius 2 is 1.17 bits per heavy atom. The van der Waals surface area contributed by atoms with E-state index in [1.54, 1.807) is 13.0 Å². The van der Waals surface area contributed by atoms with E-state index < -0.39 is 6.08 Å². The normalized spacial score (nSPS) is 12.8. The minimum absolute atomic E-state index is 0.148. The number of carbonyl (C=O) groups is 2. The fourth-order valence-corrected chi connectivity index (χ4v) is 5.99. The summed E-state index contributed by atoms with van der Waals surface area (Å²) in [5.41, 5.74) is 11.4. The monoisotopic (exact) mass is 626 g/mol. The molecule has 2 N–H and O–H groups in total. The molecule has 0 aliphatic carbocycles. The van der Waals surface area contributed by atoms with Crippen molar-refractivity contribution in [2.75, 3.05) is 14.2 Å². The highest BCUT2D eigenvalue weighted by molar-refractivity contribution is 5.97. The Kier molecular flexibility index (Phi) is 9.18. The highest BCUT2D eigenvalue weighted by atomic mass is 19.3. The molecule has 0 saturated heterocycles. The van der Waals surface area contributed by atoms with Crippen LogP contribution in [0.5, 0.6) is 0 Å². The molecule has 8 nitrogen and oxygen atoms in total. The van der Waals surface area contributed by atoms with E-state index in [0.29, 0.717) is 57.8 Å². The molecule has 2 aliphatic rings. The van der Waals surface area contributed by atoms with Gasteiger partial charge in [0.15, 0.2) is 0 Å². The first-order valence-corrected chi connectivity index (χ1v) is 14.9. The molecule has 8 bridgehead atoms. The zero-order chi connectivity index (χ0) is 33.3. The lowest BCUT2D eigenvalue weighted by Gasteiger charge is -2.06.